The number of carbonyl (C=O) groups is 2. The van der Waals surface area contributed by atoms with E-state index >= 15 is 0 Å². The van der Waals surface area contributed by atoms with E-state index in [0.29, 0.717) is 6.42 Å². The van der Waals surface area contributed by atoms with Crippen molar-refractivity contribution in [1.82, 2.24) is 14.8 Å². The summed E-state index contributed by atoms with van der Waals surface area (Å²) in [5.41, 5.74) is 0.397. The third kappa shape index (κ3) is 5.60. The summed E-state index contributed by atoms with van der Waals surface area (Å²) in [5, 5.41) is 2.95. The number of rotatable bonds is 7. The van der Waals surface area contributed by atoms with Crippen molar-refractivity contribution in [2.45, 2.75) is 64.1 Å². The number of hydrogen-bond donors (Lipinski definition) is 1. The number of aromatic nitrogens is 1. The van der Waals surface area contributed by atoms with Crippen molar-refractivity contribution in [2.75, 3.05) is 7.05 Å². The van der Waals surface area contributed by atoms with Crippen LogP contribution in [0.15, 0.2) is 47.4 Å². The minimum Gasteiger partial charge on any atom is -0.349 e. The molecule has 1 atom stereocenters. The fraction of sp³-hybridized carbons (Fsp3) is 0.458. The van der Waals surface area contributed by atoms with E-state index in [2.05, 4.69) is 5.32 Å². The third-order valence-corrected chi connectivity index (χ3v) is 6.01. The summed E-state index contributed by atoms with van der Waals surface area (Å²) < 4.78 is 14.5. The molecule has 1 aliphatic carbocycles. The first-order valence-electron chi connectivity index (χ1n) is 10.9. The molecule has 7 heteroatoms. The summed E-state index contributed by atoms with van der Waals surface area (Å²) in [6, 6.07) is 9.04. The van der Waals surface area contributed by atoms with Gasteiger partial charge in [0, 0.05) is 19.3 Å². The highest BCUT2D eigenvalue weighted by Crippen LogP contribution is 2.23. The Balaban J connectivity index is 1.71. The molecule has 1 aliphatic rings. The number of amides is 2. The summed E-state index contributed by atoms with van der Waals surface area (Å²) in [6.45, 7) is 1.78. The van der Waals surface area contributed by atoms with Crippen LogP contribution in [0.4, 0.5) is 4.39 Å². The zero-order valence-corrected chi connectivity index (χ0v) is 18.1. The number of nitrogens with one attached hydrogen (secondary N) is 1. The summed E-state index contributed by atoms with van der Waals surface area (Å²) >= 11 is 0. The zero-order valence-electron chi connectivity index (χ0n) is 18.1. The first-order valence-corrected chi connectivity index (χ1v) is 10.9. The molecule has 2 aromatic rings. The van der Waals surface area contributed by atoms with Gasteiger partial charge in [-0.2, -0.15) is 0 Å². The largest absolute Gasteiger partial charge is 0.349 e. The molecule has 1 aromatic carbocycles. The molecule has 0 bridgehead atoms. The zero-order chi connectivity index (χ0) is 22.4. The van der Waals surface area contributed by atoms with Gasteiger partial charge in [-0.1, -0.05) is 38.3 Å². The highest BCUT2D eigenvalue weighted by atomic mass is 19.1. The lowest BCUT2D eigenvalue weighted by atomic mass is 9.95. The number of hydrogen-bond acceptors (Lipinski definition) is 3. The molecule has 1 aromatic heterocycles. The van der Waals surface area contributed by atoms with E-state index in [1.807, 2.05) is 6.92 Å². The number of benzene rings is 1. The fourth-order valence-electron chi connectivity index (χ4n) is 4.19. The first kappa shape index (κ1) is 22.7. The molecular formula is C24H30FN3O3. The molecule has 1 saturated carbocycles. The van der Waals surface area contributed by atoms with Crippen LogP contribution in [0.2, 0.25) is 0 Å². The number of pyridine rings is 1. The molecule has 2 amide bonds. The van der Waals surface area contributed by atoms with E-state index in [1.165, 1.54) is 35.4 Å². The van der Waals surface area contributed by atoms with Crippen LogP contribution in [0.1, 0.15) is 67.4 Å². The van der Waals surface area contributed by atoms with Crippen molar-refractivity contribution in [3.05, 3.63) is 69.9 Å². The second kappa shape index (κ2) is 10.4. The highest BCUT2D eigenvalue weighted by Gasteiger charge is 2.23. The number of nitrogens with zero attached hydrogens (tertiary/aromatic N) is 2. The Bertz CT molecular complexity index is 965. The summed E-state index contributed by atoms with van der Waals surface area (Å²) in [5.74, 6) is -0.977. The van der Waals surface area contributed by atoms with Crippen LogP contribution in [-0.2, 0) is 11.3 Å². The predicted octanol–water partition coefficient (Wildman–Crippen LogP) is 3.66. The van der Waals surface area contributed by atoms with E-state index in [4.69, 9.17) is 0 Å². The SMILES string of the molecule is CC[C@@H](c1ccc(F)cc1)N(C)C(=O)Cn1cccc(C(=O)NC2CCCCC2)c1=O. The van der Waals surface area contributed by atoms with Crippen LogP contribution in [0.5, 0.6) is 0 Å². The summed E-state index contributed by atoms with van der Waals surface area (Å²) in [7, 11) is 1.67. The van der Waals surface area contributed by atoms with Gasteiger partial charge in [-0.3, -0.25) is 14.4 Å². The topological polar surface area (TPSA) is 71.4 Å². The van der Waals surface area contributed by atoms with Gasteiger partial charge in [-0.25, -0.2) is 4.39 Å². The lowest BCUT2D eigenvalue weighted by molar-refractivity contribution is -0.132. The second-order valence-electron chi connectivity index (χ2n) is 8.14. The van der Waals surface area contributed by atoms with Crippen molar-refractivity contribution in [3.8, 4) is 0 Å². The Morgan fingerprint density at radius 2 is 1.84 bits per heavy atom. The van der Waals surface area contributed by atoms with Gasteiger partial charge in [0.05, 0.1) is 6.04 Å². The second-order valence-corrected chi connectivity index (χ2v) is 8.14. The maximum Gasteiger partial charge on any atom is 0.263 e. The Labute approximate surface area is 182 Å². The number of likely N-dealkylation sites (N-methyl/N-ethyl adjacent to an activating group) is 1. The van der Waals surface area contributed by atoms with Crippen molar-refractivity contribution in [1.29, 1.82) is 0 Å². The van der Waals surface area contributed by atoms with Crippen LogP contribution in [0.3, 0.4) is 0 Å². The molecule has 1 N–H and O–H groups in total. The lowest BCUT2D eigenvalue weighted by Crippen LogP contribution is -2.41. The minimum absolute atomic E-state index is 0.0501. The van der Waals surface area contributed by atoms with Crippen molar-refractivity contribution in [2.24, 2.45) is 0 Å². The van der Waals surface area contributed by atoms with Crippen LogP contribution in [0.25, 0.3) is 0 Å². The lowest BCUT2D eigenvalue weighted by Gasteiger charge is -2.28. The molecule has 166 valence electrons. The van der Waals surface area contributed by atoms with E-state index in [0.717, 1.165) is 31.2 Å². The molecule has 0 aliphatic heterocycles. The predicted molar refractivity (Wildman–Crippen MR) is 117 cm³/mol. The van der Waals surface area contributed by atoms with Gasteiger partial charge in [0.25, 0.3) is 11.5 Å². The Morgan fingerprint density at radius 1 is 1.16 bits per heavy atom. The van der Waals surface area contributed by atoms with Gasteiger partial charge >= 0.3 is 0 Å². The molecule has 0 unspecified atom stereocenters. The normalized spacial score (nSPS) is 15.3. The summed E-state index contributed by atoms with van der Waals surface area (Å²) in [4.78, 5) is 39.9. The van der Waals surface area contributed by atoms with Gasteiger partial charge < -0.3 is 14.8 Å². The fourth-order valence-corrected chi connectivity index (χ4v) is 4.19. The van der Waals surface area contributed by atoms with Crippen LogP contribution in [0, 0.1) is 5.82 Å². The maximum atomic E-state index is 13.2. The Kier molecular flexibility index (Phi) is 7.60. The molecule has 0 saturated heterocycles. The standard InChI is InChI=1S/C24H30FN3O3/c1-3-21(17-11-13-18(25)14-12-17)27(2)22(29)16-28-15-7-10-20(24(28)31)23(30)26-19-8-5-4-6-9-19/h7,10-15,19,21H,3-6,8-9,16H2,1-2H3,(H,26,30)/t21-/m0/s1. The smallest absolute Gasteiger partial charge is 0.263 e. The van der Waals surface area contributed by atoms with Crippen LogP contribution >= 0.6 is 0 Å². The quantitative estimate of drug-likeness (QED) is 0.733. The van der Waals surface area contributed by atoms with E-state index in [9.17, 15) is 18.8 Å². The van der Waals surface area contributed by atoms with Crippen molar-refractivity contribution >= 4 is 11.8 Å². The number of halogens is 1. The molecule has 1 fully saturated rings. The Morgan fingerprint density at radius 3 is 2.48 bits per heavy atom. The highest BCUT2D eigenvalue weighted by molar-refractivity contribution is 5.94. The van der Waals surface area contributed by atoms with Gasteiger partial charge in [0.15, 0.2) is 0 Å². The molecule has 0 spiro atoms. The molecule has 6 nitrogen and oxygen atoms in total. The van der Waals surface area contributed by atoms with Gasteiger partial charge in [-0.15, -0.1) is 0 Å². The Hall–Kier alpha value is -2.96. The average Bonchev–Trinajstić information content (AvgIpc) is 2.77. The van der Waals surface area contributed by atoms with Gasteiger partial charge in [0.1, 0.15) is 17.9 Å². The van der Waals surface area contributed by atoms with Crippen molar-refractivity contribution in [3.63, 3.8) is 0 Å². The molecule has 1 heterocycles. The van der Waals surface area contributed by atoms with Crippen LogP contribution in [-0.4, -0.2) is 34.4 Å². The molecular weight excluding hydrogens is 397 g/mol. The van der Waals surface area contributed by atoms with E-state index in [-0.39, 0.29) is 41.8 Å². The monoisotopic (exact) mass is 427 g/mol. The average molecular weight is 428 g/mol. The molecule has 0 radical (unpaired) electrons. The third-order valence-electron chi connectivity index (χ3n) is 6.01. The number of carbonyl (C=O) groups excluding carboxylic acids is 2. The van der Waals surface area contributed by atoms with Gasteiger partial charge in [0.2, 0.25) is 5.91 Å². The molecule has 3 rings (SSSR count). The van der Waals surface area contributed by atoms with E-state index in [1.54, 1.807) is 30.1 Å². The van der Waals surface area contributed by atoms with E-state index < -0.39 is 5.56 Å². The minimum atomic E-state index is -0.479. The van der Waals surface area contributed by atoms with Crippen molar-refractivity contribution < 1.29 is 14.0 Å². The van der Waals surface area contributed by atoms with Gasteiger partial charge in [-0.05, 0) is 49.1 Å². The van der Waals surface area contributed by atoms with Crippen LogP contribution < -0.4 is 10.9 Å². The molecule has 31 heavy (non-hydrogen) atoms. The maximum absolute atomic E-state index is 13.2. The summed E-state index contributed by atoms with van der Waals surface area (Å²) in [6.07, 6.45) is 7.36. The first-order chi connectivity index (χ1) is 14.9.